The summed E-state index contributed by atoms with van der Waals surface area (Å²) in [6, 6.07) is 0. The number of H-pyrrole nitrogens is 1. The third-order valence-electron chi connectivity index (χ3n) is 6.00. The number of aromatic nitrogens is 2. The summed E-state index contributed by atoms with van der Waals surface area (Å²) >= 11 is 0. The Morgan fingerprint density at radius 1 is 1.43 bits per heavy atom. The molecule has 0 bridgehead atoms. The molecule has 1 aliphatic carbocycles. The number of amides is 1. The number of likely N-dealkylation sites (tertiary alicyclic amines) is 1. The minimum absolute atomic E-state index is 0.124. The highest BCUT2D eigenvalue weighted by molar-refractivity contribution is 5.76. The van der Waals surface area contributed by atoms with Gasteiger partial charge in [-0.15, -0.1) is 0 Å². The lowest BCUT2D eigenvalue weighted by Crippen LogP contribution is -2.62. The van der Waals surface area contributed by atoms with Gasteiger partial charge in [0.1, 0.15) is 0 Å². The van der Waals surface area contributed by atoms with Crippen LogP contribution in [0.3, 0.4) is 0 Å². The number of aryl methyl sites for hydroxylation is 2. The van der Waals surface area contributed by atoms with Crippen molar-refractivity contribution in [2.45, 2.75) is 58.2 Å². The topological polar surface area (TPSA) is 78.5 Å². The zero-order chi connectivity index (χ0) is 16.6. The molecule has 0 aromatic carbocycles. The average molecular weight is 321 g/mol. The zero-order valence-electron chi connectivity index (χ0n) is 14.3. The highest BCUT2D eigenvalue weighted by atomic mass is 16.5. The number of hydrogen-bond donors (Lipinski definition) is 2. The summed E-state index contributed by atoms with van der Waals surface area (Å²) in [4.78, 5) is 14.4. The number of methoxy groups -OCH3 is 1. The Morgan fingerprint density at radius 2 is 2.13 bits per heavy atom. The van der Waals surface area contributed by atoms with Crippen molar-refractivity contribution in [1.82, 2.24) is 15.1 Å². The Hall–Kier alpha value is -1.40. The normalized spacial score (nSPS) is 26.3. The van der Waals surface area contributed by atoms with Crippen molar-refractivity contribution in [3.8, 4) is 0 Å². The quantitative estimate of drug-likeness (QED) is 0.877. The highest BCUT2D eigenvalue weighted by Gasteiger charge is 2.56. The number of ether oxygens (including phenoxy) is 1. The van der Waals surface area contributed by atoms with Gasteiger partial charge in [0.2, 0.25) is 5.91 Å². The monoisotopic (exact) mass is 321 g/mol. The molecule has 0 radical (unpaired) electrons. The van der Waals surface area contributed by atoms with Gasteiger partial charge in [-0.2, -0.15) is 5.10 Å². The van der Waals surface area contributed by atoms with E-state index in [2.05, 4.69) is 10.2 Å². The first-order valence-electron chi connectivity index (χ1n) is 8.47. The Labute approximate surface area is 137 Å². The average Bonchev–Trinajstić information content (AvgIpc) is 2.89. The molecule has 2 fully saturated rings. The fourth-order valence-electron chi connectivity index (χ4n) is 4.05. The van der Waals surface area contributed by atoms with Crippen molar-refractivity contribution in [1.29, 1.82) is 0 Å². The number of aliphatic hydroxyl groups is 1. The first-order valence-corrected chi connectivity index (χ1v) is 8.47. The van der Waals surface area contributed by atoms with E-state index in [4.69, 9.17) is 4.74 Å². The molecule has 128 valence electrons. The summed E-state index contributed by atoms with van der Waals surface area (Å²) < 4.78 is 5.49. The molecule has 0 unspecified atom stereocenters. The second kappa shape index (κ2) is 6.24. The summed E-state index contributed by atoms with van der Waals surface area (Å²) in [6.45, 7) is 5.46. The fourth-order valence-corrected chi connectivity index (χ4v) is 4.05. The summed E-state index contributed by atoms with van der Waals surface area (Å²) in [5.74, 6) is 0.183. The SMILES string of the molecule is CO[C@H]1C[C@@H](O)C12CCN(C(=O)CCc1n[nH]c(C)c1C)CC2. The smallest absolute Gasteiger partial charge is 0.222 e. The van der Waals surface area contributed by atoms with Gasteiger partial charge in [-0.1, -0.05) is 0 Å². The molecule has 1 saturated heterocycles. The fraction of sp³-hybridized carbons (Fsp3) is 0.765. The van der Waals surface area contributed by atoms with Gasteiger partial charge in [-0.25, -0.2) is 0 Å². The maximum absolute atomic E-state index is 12.4. The van der Waals surface area contributed by atoms with Crippen LogP contribution in [0, 0.1) is 19.3 Å². The molecule has 1 saturated carbocycles. The standard InChI is InChI=1S/C17H27N3O3/c1-11-12(2)18-19-13(11)4-5-16(22)20-8-6-17(7-9-20)14(21)10-15(17)23-3/h14-15,21H,4-10H2,1-3H3,(H,18,19)/t14-,15+/m1/s1. The van der Waals surface area contributed by atoms with Crippen molar-refractivity contribution in [3.05, 3.63) is 17.0 Å². The zero-order valence-corrected chi connectivity index (χ0v) is 14.3. The lowest BCUT2D eigenvalue weighted by atomic mass is 9.58. The van der Waals surface area contributed by atoms with Crippen LogP contribution in [0.1, 0.15) is 42.6 Å². The van der Waals surface area contributed by atoms with Gasteiger partial charge in [0, 0.05) is 50.6 Å². The van der Waals surface area contributed by atoms with Gasteiger partial charge in [-0.3, -0.25) is 9.89 Å². The first-order chi connectivity index (χ1) is 11.0. The van der Waals surface area contributed by atoms with E-state index in [9.17, 15) is 9.90 Å². The van der Waals surface area contributed by atoms with Crippen molar-refractivity contribution < 1.29 is 14.6 Å². The molecule has 1 aromatic rings. The number of nitrogens with one attached hydrogen (secondary N) is 1. The molecule has 3 rings (SSSR count). The molecule has 2 N–H and O–H groups in total. The van der Waals surface area contributed by atoms with Crippen molar-refractivity contribution in [2.24, 2.45) is 5.41 Å². The van der Waals surface area contributed by atoms with Crippen LogP contribution < -0.4 is 0 Å². The maximum Gasteiger partial charge on any atom is 0.222 e. The van der Waals surface area contributed by atoms with E-state index in [1.807, 2.05) is 18.7 Å². The largest absolute Gasteiger partial charge is 0.392 e. The van der Waals surface area contributed by atoms with Crippen LogP contribution in [-0.2, 0) is 16.0 Å². The van der Waals surface area contributed by atoms with E-state index in [0.717, 1.165) is 36.2 Å². The van der Waals surface area contributed by atoms with E-state index in [-0.39, 0.29) is 23.5 Å². The number of hydrogen-bond acceptors (Lipinski definition) is 4. The van der Waals surface area contributed by atoms with Crippen LogP contribution in [0.2, 0.25) is 0 Å². The second-order valence-electron chi connectivity index (χ2n) is 7.01. The van der Waals surface area contributed by atoms with Crippen molar-refractivity contribution in [2.75, 3.05) is 20.2 Å². The number of carbonyl (C=O) groups is 1. The molecular weight excluding hydrogens is 294 g/mol. The third kappa shape index (κ3) is 2.78. The van der Waals surface area contributed by atoms with Crippen LogP contribution in [0.25, 0.3) is 0 Å². The molecule has 6 nitrogen and oxygen atoms in total. The Balaban J connectivity index is 1.51. The molecule has 1 aliphatic heterocycles. The molecule has 1 aromatic heterocycles. The molecule has 2 aliphatic rings. The van der Waals surface area contributed by atoms with Crippen molar-refractivity contribution in [3.63, 3.8) is 0 Å². The number of rotatable bonds is 4. The van der Waals surface area contributed by atoms with Gasteiger partial charge in [0.25, 0.3) is 0 Å². The summed E-state index contributed by atoms with van der Waals surface area (Å²) in [7, 11) is 1.71. The van der Waals surface area contributed by atoms with Gasteiger partial charge < -0.3 is 14.7 Å². The van der Waals surface area contributed by atoms with Crippen LogP contribution in [-0.4, -0.2) is 58.5 Å². The van der Waals surface area contributed by atoms with Crippen LogP contribution >= 0.6 is 0 Å². The predicted octanol–water partition coefficient (Wildman–Crippen LogP) is 1.35. The first kappa shape index (κ1) is 16.5. The second-order valence-corrected chi connectivity index (χ2v) is 7.01. The number of aliphatic hydroxyl groups excluding tert-OH is 1. The lowest BCUT2D eigenvalue weighted by Gasteiger charge is -2.56. The molecule has 2 heterocycles. The number of nitrogens with zero attached hydrogens (tertiary/aromatic N) is 2. The van der Waals surface area contributed by atoms with Gasteiger partial charge in [0.15, 0.2) is 0 Å². The number of aromatic amines is 1. The molecule has 23 heavy (non-hydrogen) atoms. The third-order valence-corrected chi connectivity index (χ3v) is 6.00. The Kier molecular flexibility index (Phi) is 4.47. The minimum atomic E-state index is -0.278. The van der Waals surface area contributed by atoms with Crippen LogP contribution in [0.4, 0.5) is 0 Å². The molecular formula is C17H27N3O3. The Bertz CT molecular complexity index is 576. The highest BCUT2D eigenvalue weighted by Crippen LogP contribution is 2.50. The van der Waals surface area contributed by atoms with Gasteiger partial charge in [-0.05, 0) is 32.3 Å². The number of carbonyl (C=O) groups excluding carboxylic acids is 1. The van der Waals surface area contributed by atoms with E-state index in [1.165, 1.54) is 0 Å². The van der Waals surface area contributed by atoms with Crippen molar-refractivity contribution >= 4 is 5.91 Å². The lowest BCUT2D eigenvalue weighted by molar-refractivity contribution is -0.202. The van der Waals surface area contributed by atoms with E-state index in [0.29, 0.717) is 25.9 Å². The summed E-state index contributed by atoms with van der Waals surface area (Å²) in [6.07, 6.45) is 3.43. The van der Waals surface area contributed by atoms with Crippen LogP contribution in [0.5, 0.6) is 0 Å². The van der Waals surface area contributed by atoms with E-state index >= 15 is 0 Å². The summed E-state index contributed by atoms with van der Waals surface area (Å²) in [5.41, 5.74) is 3.08. The van der Waals surface area contributed by atoms with E-state index < -0.39 is 0 Å². The van der Waals surface area contributed by atoms with E-state index in [1.54, 1.807) is 7.11 Å². The minimum Gasteiger partial charge on any atom is -0.392 e. The predicted molar refractivity (Wildman–Crippen MR) is 86.1 cm³/mol. The number of piperidine rings is 1. The molecule has 1 spiro atoms. The molecule has 6 heteroatoms. The molecule has 2 atom stereocenters. The van der Waals surface area contributed by atoms with Crippen LogP contribution in [0.15, 0.2) is 0 Å². The Morgan fingerprint density at radius 3 is 2.65 bits per heavy atom. The molecule has 1 amide bonds. The van der Waals surface area contributed by atoms with Gasteiger partial charge >= 0.3 is 0 Å². The maximum atomic E-state index is 12.4. The van der Waals surface area contributed by atoms with Gasteiger partial charge in [0.05, 0.1) is 17.9 Å². The summed E-state index contributed by atoms with van der Waals surface area (Å²) in [5, 5.41) is 17.4.